The maximum Gasteiger partial charge on any atom is 0.261 e. The molecular formula is C21H17Cl2N3O4S. The maximum atomic E-state index is 12.7. The van der Waals surface area contributed by atoms with Gasteiger partial charge in [0.15, 0.2) is 0 Å². The molecule has 10 heteroatoms. The van der Waals surface area contributed by atoms with Crippen LogP contribution in [0.4, 0.5) is 11.4 Å². The molecule has 0 fully saturated rings. The van der Waals surface area contributed by atoms with Crippen LogP contribution in [0.2, 0.25) is 10.0 Å². The van der Waals surface area contributed by atoms with Crippen molar-refractivity contribution >= 4 is 56.4 Å². The van der Waals surface area contributed by atoms with Crippen LogP contribution in [0.5, 0.6) is 0 Å². The SMILES string of the molecule is NC(=O)Cc1ccccc1NC(=O)c1cccc(NS(=O)(=O)c2ccc(Cl)c(Cl)c2)c1. The number of carbonyl (C=O) groups excluding carboxylic acids is 2. The van der Waals surface area contributed by atoms with Crippen molar-refractivity contribution in [1.29, 1.82) is 0 Å². The van der Waals surface area contributed by atoms with E-state index in [4.69, 9.17) is 28.9 Å². The Kier molecular flexibility index (Phi) is 6.84. The van der Waals surface area contributed by atoms with Crippen LogP contribution < -0.4 is 15.8 Å². The number of nitrogens with one attached hydrogen (secondary N) is 2. The van der Waals surface area contributed by atoms with Crippen LogP contribution in [0.25, 0.3) is 0 Å². The van der Waals surface area contributed by atoms with Crippen LogP contribution >= 0.6 is 23.2 Å². The number of halogens is 2. The third-order valence-electron chi connectivity index (χ3n) is 4.21. The fourth-order valence-electron chi connectivity index (χ4n) is 2.76. The first-order chi connectivity index (χ1) is 14.7. The molecular weight excluding hydrogens is 461 g/mol. The molecule has 0 atom stereocenters. The van der Waals surface area contributed by atoms with E-state index in [9.17, 15) is 18.0 Å². The van der Waals surface area contributed by atoms with Gasteiger partial charge in [0, 0.05) is 16.9 Å². The first kappa shape index (κ1) is 22.6. The smallest absolute Gasteiger partial charge is 0.261 e. The van der Waals surface area contributed by atoms with E-state index < -0.39 is 21.8 Å². The minimum atomic E-state index is -3.95. The van der Waals surface area contributed by atoms with Gasteiger partial charge >= 0.3 is 0 Å². The molecule has 160 valence electrons. The van der Waals surface area contributed by atoms with Crippen molar-refractivity contribution < 1.29 is 18.0 Å². The van der Waals surface area contributed by atoms with Crippen molar-refractivity contribution in [2.75, 3.05) is 10.0 Å². The number of sulfonamides is 1. The lowest BCUT2D eigenvalue weighted by Crippen LogP contribution is -2.18. The van der Waals surface area contributed by atoms with Crippen LogP contribution in [-0.4, -0.2) is 20.2 Å². The van der Waals surface area contributed by atoms with Crippen LogP contribution in [0.15, 0.2) is 71.6 Å². The molecule has 0 spiro atoms. The molecule has 0 saturated heterocycles. The molecule has 0 aliphatic rings. The van der Waals surface area contributed by atoms with E-state index in [-0.39, 0.29) is 32.6 Å². The van der Waals surface area contributed by atoms with Crippen LogP contribution in [0.3, 0.4) is 0 Å². The average Bonchev–Trinajstić information content (AvgIpc) is 2.71. The molecule has 0 bridgehead atoms. The van der Waals surface area contributed by atoms with Crippen molar-refractivity contribution in [3.05, 3.63) is 87.9 Å². The monoisotopic (exact) mass is 477 g/mol. The van der Waals surface area contributed by atoms with Gasteiger partial charge in [0.2, 0.25) is 5.91 Å². The molecule has 3 aromatic carbocycles. The molecule has 3 rings (SSSR count). The number of para-hydroxylation sites is 1. The highest BCUT2D eigenvalue weighted by molar-refractivity contribution is 7.92. The molecule has 3 aromatic rings. The summed E-state index contributed by atoms with van der Waals surface area (Å²) < 4.78 is 27.7. The van der Waals surface area contributed by atoms with Gasteiger partial charge in [0.25, 0.3) is 15.9 Å². The Balaban J connectivity index is 1.81. The summed E-state index contributed by atoms with van der Waals surface area (Å²) in [5, 5.41) is 3.05. The van der Waals surface area contributed by atoms with Crippen molar-refractivity contribution in [3.8, 4) is 0 Å². The minimum absolute atomic E-state index is 0.0278. The predicted molar refractivity (Wildman–Crippen MR) is 121 cm³/mol. The molecule has 31 heavy (non-hydrogen) atoms. The molecule has 0 aliphatic heterocycles. The highest BCUT2D eigenvalue weighted by Gasteiger charge is 2.17. The van der Waals surface area contributed by atoms with E-state index in [1.165, 1.54) is 42.5 Å². The summed E-state index contributed by atoms with van der Waals surface area (Å²) in [5.41, 5.74) is 6.65. The van der Waals surface area contributed by atoms with Crippen molar-refractivity contribution in [2.24, 2.45) is 5.73 Å². The highest BCUT2D eigenvalue weighted by atomic mass is 35.5. The van der Waals surface area contributed by atoms with E-state index in [2.05, 4.69) is 10.0 Å². The van der Waals surface area contributed by atoms with Gasteiger partial charge in [-0.1, -0.05) is 47.5 Å². The van der Waals surface area contributed by atoms with Gasteiger partial charge < -0.3 is 11.1 Å². The Morgan fingerprint density at radius 3 is 2.35 bits per heavy atom. The normalized spacial score (nSPS) is 11.0. The Bertz CT molecular complexity index is 1260. The summed E-state index contributed by atoms with van der Waals surface area (Å²) in [4.78, 5) is 23.9. The van der Waals surface area contributed by atoms with Crippen molar-refractivity contribution in [3.63, 3.8) is 0 Å². The predicted octanol–water partition coefficient (Wildman–Crippen LogP) is 4.07. The van der Waals surface area contributed by atoms with E-state index in [0.29, 0.717) is 11.3 Å². The van der Waals surface area contributed by atoms with E-state index in [1.807, 2.05) is 0 Å². The molecule has 0 aromatic heterocycles. The summed E-state index contributed by atoms with van der Waals surface area (Å²) in [6.45, 7) is 0. The third-order valence-corrected chi connectivity index (χ3v) is 6.33. The van der Waals surface area contributed by atoms with Crippen LogP contribution in [0, 0.1) is 0 Å². The number of carbonyl (C=O) groups is 2. The third kappa shape index (κ3) is 5.75. The second-order valence-electron chi connectivity index (χ2n) is 6.52. The van der Waals surface area contributed by atoms with Crippen molar-refractivity contribution in [1.82, 2.24) is 0 Å². The van der Waals surface area contributed by atoms with Gasteiger partial charge in [0.05, 0.1) is 21.4 Å². The lowest BCUT2D eigenvalue weighted by Gasteiger charge is -2.12. The highest BCUT2D eigenvalue weighted by Crippen LogP contribution is 2.26. The Labute approximate surface area is 189 Å². The molecule has 0 unspecified atom stereocenters. The standard InChI is InChI=1S/C21H17Cl2N3O4S/c22-17-9-8-16(12-18(17)23)31(29,30)26-15-6-3-5-14(10-15)21(28)25-19-7-2-1-4-13(19)11-20(24)27/h1-10,12,26H,11H2,(H2,24,27)(H,25,28). The first-order valence-corrected chi connectivity index (χ1v) is 11.1. The fourth-order valence-corrected chi connectivity index (χ4v) is 4.20. The molecule has 4 N–H and O–H groups in total. The largest absolute Gasteiger partial charge is 0.369 e. The molecule has 2 amide bonds. The number of hydrogen-bond acceptors (Lipinski definition) is 4. The molecule has 7 nitrogen and oxygen atoms in total. The molecule has 0 heterocycles. The second kappa shape index (κ2) is 9.38. The zero-order valence-electron chi connectivity index (χ0n) is 15.9. The van der Waals surface area contributed by atoms with Gasteiger partial charge in [-0.3, -0.25) is 14.3 Å². The molecule has 0 saturated carbocycles. The zero-order valence-corrected chi connectivity index (χ0v) is 18.3. The molecule has 0 radical (unpaired) electrons. The summed E-state index contributed by atoms with van der Waals surface area (Å²) in [7, 11) is -3.95. The zero-order chi connectivity index (χ0) is 22.6. The minimum Gasteiger partial charge on any atom is -0.369 e. The first-order valence-electron chi connectivity index (χ1n) is 8.91. The summed E-state index contributed by atoms with van der Waals surface area (Å²) in [6.07, 6.45) is -0.0278. The van der Waals surface area contributed by atoms with Gasteiger partial charge in [-0.05, 0) is 48.0 Å². The topological polar surface area (TPSA) is 118 Å². The maximum absolute atomic E-state index is 12.7. The van der Waals surface area contributed by atoms with E-state index >= 15 is 0 Å². The van der Waals surface area contributed by atoms with E-state index in [0.717, 1.165) is 0 Å². The Morgan fingerprint density at radius 2 is 1.65 bits per heavy atom. The van der Waals surface area contributed by atoms with Crippen molar-refractivity contribution in [2.45, 2.75) is 11.3 Å². The van der Waals surface area contributed by atoms with Gasteiger partial charge in [-0.25, -0.2) is 8.42 Å². The van der Waals surface area contributed by atoms with E-state index in [1.54, 1.807) is 24.3 Å². The number of nitrogens with two attached hydrogens (primary N) is 1. The lowest BCUT2D eigenvalue weighted by molar-refractivity contribution is -0.117. The Hall–Kier alpha value is -3.07. The number of hydrogen-bond donors (Lipinski definition) is 3. The molecule has 0 aliphatic carbocycles. The fraction of sp³-hybridized carbons (Fsp3) is 0.0476. The number of primary amides is 1. The Morgan fingerprint density at radius 1 is 0.903 bits per heavy atom. The average molecular weight is 478 g/mol. The summed E-state index contributed by atoms with van der Waals surface area (Å²) in [6, 6.07) is 16.7. The lowest BCUT2D eigenvalue weighted by atomic mass is 10.1. The van der Waals surface area contributed by atoms with Gasteiger partial charge in [-0.15, -0.1) is 0 Å². The summed E-state index contributed by atoms with van der Waals surface area (Å²) in [5.74, 6) is -1.01. The number of rotatable bonds is 7. The van der Waals surface area contributed by atoms with Gasteiger partial charge in [-0.2, -0.15) is 0 Å². The number of benzene rings is 3. The summed E-state index contributed by atoms with van der Waals surface area (Å²) >= 11 is 11.7. The van der Waals surface area contributed by atoms with Gasteiger partial charge in [0.1, 0.15) is 0 Å². The second-order valence-corrected chi connectivity index (χ2v) is 9.01. The quantitative estimate of drug-likeness (QED) is 0.474. The number of anilines is 2. The van der Waals surface area contributed by atoms with Crippen LogP contribution in [-0.2, 0) is 21.2 Å². The van der Waals surface area contributed by atoms with Crippen LogP contribution in [0.1, 0.15) is 15.9 Å². The number of amides is 2.